The zero-order valence-corrected chi connectivity index (χ0v) is 37.0. The highest BCUT2D eigenvalue weighted by Gasteiger charge is 2.38. The summed E-state index contributed by atoms with van der Waals surface area (Å²) in [5.41, 5.74) is 0.426. The molecule has 2 aromatic carbocycles. The third-order valence-electron chi connectivity index (χ3n) is 9.37. The largest absolute Gasteiger partial charge is 0.484 e. The number of amides is 2. The van der Waals surface area contributed by atoms with Crippen molar-refractivity contribution in [3.8, 4) is 11.5 Å². The van der Waals surface area contributed by atoms with E-state index in [1.54, 1.807) is 47.6 Å². The number of hydrogen-bond donors (Lipinski definition) is 1. The van der Waals surface area contributed by atoms with Gasteiger partial charge in [0, 0.05) is 0 Å². The smallest absolute Gasteiger partial charge is 0.411 e. The van der Waals surface area contributed by atoms with Crippen molar-refractivity contribution in [1.82, 2.24) is 19.8 Å². The van der Waals surface area contributed by atoms with Crippen molar-refractivity contribution >= 4 is 40.7 Å². The Morgan fingerprint density at radius 1 is 0.682 bits per heavy atom. The Labute approximate surface area is 378 Å². The van der Waals surface area contributed by atoms with E-state index in [1.807, 2.05) is 0 Å². The summed E-state index contributed by atoms with van der Waals surface area (Å²) in [6, 6.07) is 11.0. The van der Waals surface area contributed by atoms with Crippen LogP contribution in [0.5, 0.6) is 11.5 Å². The Bertz CT molecular complexity index is 2630. The lowest BCUT2D eigenvalue weighted by Crippen LogP contribution is -2.44. The molecule has 0 saturated heterocycles. The molecule has 66 heavy (non-hydrogen) atoms. The van der Waals surface area contributed by atoms with Gasteiger partial charge in [0.2, 0.25) is 0 Å². The first-order valence-corrected chi connectivity index (χ1v) is 20.1. The van der Waals surface area contributed by atoms with E-state index >= 15 is 0 Å². The Morgan fingerprint density at radius 2 is 1.12 bits per heavy atom. The Morgan fingerprint density at radius 3 is 1.53 bits per heavy atom. The highest BCUT2D eigenvalue weighted by molar-refractivity contribution is 5.89. The molecule has 2 aliphatic rings. The molecule has 15 nitrogen and oxygen atoms in total. The SMILES string of the molecule is [C-]#[N+]c1ccc(OCc2nc(C3=C[C@H](C(=O)OC)N(C(=O)OC(C)(C)C)C3)ccc2F)c(F)c1.[C-]#[N+]c1ccc(OCc2nc(C3=C[C@H](CO)N(C(=O)OC(C)(C)C)C3)ccc2F)c(F)c1. The van der Waals surface area contributed by atoms with Crippen molar-refractivity contribution < 1.29 is 60.7 Å². The summed E-state index contributed by atoms with van der Waals surface area (Å²) in [5.74, 6) is -3.72. The van der Waals surface area contributed by atoms with Crippen LogP contribution in [-0.4, -0.2) is 93.1 Å². The second-order valence-corrected chi connectivity index (χ2v) is 16.6. The van der Waals surface area contributed by atoms with Gasteiger partial charge < -0.3 is 28.8 Å². The molecule has 2 atom stereocenters. The first kappa shape index (κ1) is 49.5. The van der Waals surface area contributed by atoms with E-state index in [0.717, 1.165) is 12.1 Å². The van der Waals surface area contributed by atoms with Crippen LogP contribution in [0.4, 0.5) is 38.5 Å². The third kappa shape index (κ3) is 12.8. The van der Waals surface area contributed by atoms with Crippen LogP contribution in [0.3, 0.4) is 0 Å². The van der Waals surface area contributed by atoms with Gasteiger partial charge in [-0.1, -0.05) is 18.2 Å². The lowest BCUT2D eigenvalue weighted by Gasteiger charge is -2.27. The monoisotopic (exact) mass is 914 g/mol. The number of halogens is 4. The van der Waals surface area contributed by atoms with Crippen LogP contribution in [0.25, 0.3) is 20.8 Å². The second kappa shape index (κ2) is 21.0. The molecule has 4 heterocycles. The Hall–Kier alpha value is -7.51. The minimum absolute atomic E-state index is 0.0136. The second-order valence-electron chi connectivity index (χ2n) is 16.6. The van der Waals surface area contributed by atoms with Gasteiger partial charge in [0.25, 0.3) is 0 Å². The number of aliphatic hydroxyl groups excluding tert-OH is 1. The number of rotatable bonds is 10. The highest BCUT2D eigenvalue weighted by atomic mass is 19.1. The predicted octanol–water partition coefficient (Wildman–Crippen LogP) is 9.15. The number of carbonyl (C=O) groups excluding carboxylic acids is 3. The number of esters is 1. The van der Waals surface area contributed by atoms with Gasteiger partial charge >= 0.3 is 18.2 Å². The van der Waals surface area contributed by atoms with E-state index in [1.165, 1.54) is 71.5 Å². The number of hydrogen-bond acceptors (Lipinski definition) is 11. The lowest BCUT2D eigenvalue weighted by molar-refractivity contribution is -0.144. The molecular weight excluding hydrogens is 869 g/mol. The molecule has 19 heteroatoms. The molecule has 0 fully saturated rings. The van der Waals surface area contributed by atoms with Gasteiger partial charge in [-0.3, -0.25) is 9.80 Å². The molecule has 346 valence electrons. The molecule has 0 spiro atoms. The number of aromatic nitrogens is 2. The number of nitrogens with zero attached hydrogens (tertiary/aromatic N) is 6. The summed E-state index contributed by atoms with van der Waals surface area (Å²) in [6.45, 7) is 23.3. The van der Waals surface area contributed by atoms with Crippen molar-refractivity contribution in [3.63, 3.8) is 0 Å². The number of carbonyl (C=O) groups is 3. The molecule has 0 unspecified atom stereocenters. The molecule has 6 rings (SSSR count). The molecular formula is C47H46F4N6O9. The highest BCUT2D eigenvalue weighted by Crippen LogP contribution is 2.30. The van der Waals surface area contributed by atoms with E-state index in [9.17, 15) is 37.1 Å². The number of pyridine rings is 2. The molecule has 0 saturated carbocycles. The summed E-state index contributed by atoms with van der Waals surface area (Å²) < 4.78 is 83.0. The van der Waals surface area contributed by atoms with Gasteiger partial charge in [-0.25, -0.2) is 51.6 Å². The van der Waals surface area contributed by atoms with Gasteiger partial charge in [-0.2, -0.15) is 0 Å². The summed E-state index contributed by atoms with van der Waals surface area (Å²) in [5, 5.41) is 9.67. The van der Waals surface area contributed by atoms with E-state index in [2.05, 4.69) is 19.7 Å². The van der Waals surface area contributed by atoms with E-state index in [-0.39, 0.29) is 67.2 Å². The fraction of sp³-hybridized carbons (Fsp3) is 0.340. The summed E-state index contributed by atoms with van der Waals surface area (Å²) in [7, 11) is 1.21. The number of methoxy groups -OCH3 is 1. The zero-order chi connectivity index (χ0) is 48.5. The van der Waals surface area contributed by atoms with Gasteiger partial charge in [0.05, 0.1) is 57.4 Å². The fourth-order valence-corrected chi connectivity index (χ4v) is 6.28. The zero-order valence-electron chi connectivity index (χ0n) is 37.0. The molecule has 0 radical (unpaired) electrons. The van der Waals surface area contributed by atoms with Crippen LogP contribution in [0.2, 0.25) is 0 Å². The average Bonchev–Trinajstić information content (AvgIpc) is 3.92. The maximum absolute atomic E-state index is 14.4. The van der Waals surface area contributed by atoms with Crippen LogP contribution in [-0.2, 0) is 32.2 Å². The van der Waals surface area contributed by atoms with E-state index in [0.29, 0.717) is 22.5 Å². The van der Waals surface area contributed by atoms with Crippen LogP contribution in [0, 0.1) is 36.4 Å². The fourth-order valence-electron chi connectivity index (χ4n) is 6.28. The van der Waals surface area contributed by atoms with Crippen molar-refractivity contribution in [3.05, 3.63) is 142 Å². The van der Waals surface area contributed by atoms with Crippen LogP contribution < -0.4 is 9.47 Å². The summed E-state index contributed by atoms with van der Waals surface area (Å²) >= 11 is 0. The topological polar surface area (TPSA) is 159 Å². The first-order valence-electron chi connectivity index (χ1n) is 20.1. The molecule has 4 aromatic rings. The number of ether oxygens (including phenoxy) is 5. The van der Waals surface area contributed by atoms with Crippen molar-refractivity contribution in [2.24, 2.45) is 0 Å². The average molecular weight is 915 g/mol. The minimum Gasteiger partial charge on any atom is -0.484 e. The van der Waals surface area contributed by atoms with E-state index in [4.69, 9.17) is 36.8 Å². The molecule has 2 amide bonds. The first-order chi connectivity index (χ1) is 31.1. The van der Waals surface area contributed by atoms with Crippen LogP contribution in [0.15, 0.2) is 72.8 Å². The number of benzene rings is 2. The molecule has 0 bridgehead atoms. The molecule has 2 aliphatic heterocycles. The lowest BCUT2D eigenvalue weighted by atomic mass is 10.1. The summed E-state index contributed by atoms with van der Waals surface area (Å²) in [6.07, 6.45) is 1.89. The van der Waals surface area contributed by atoms with Crippen molar-refractivity contribution in [2.75, 3.05) is 26.8 Å². The third-order valence-corrected chi connectivity index (χ3v) is 9.37. The number of aliphatic hydroxyl groups is 1. The minimum atomic E-state index is -1.03. The summed E-state index contributed by atoms with van der Waals surface area (Å²) in [4.78, 5) is 54.7. The van der Waals surface area contributed by atoms with Gasteiger partial charge in [-0.05, 0) is 107 Å². The maximum atomic E-state index is 14.4. The van der Waals surface area contributed by atoms with Crippen LogP contribution in [0.1, 0.15) is 64.3 Å². The predicted molar refractivity (Wildman–Crippen MR) is 231 cm³/mol. The van der Waals surface area contributed by atoms with Gasteiger partial charge in [-0.15, -0.1) is 0 Å². The van der Waals surface area contributed by atoms with Crippen molar-refractivity contribution in [2.45, 2.75) is 78.0 Å². The normalized spacial score (nSPS) is 15.6. The van der Waals surface area contributed by atoms with Gasteiger partial charge in [0.1, 0.15) is 47.4 Å². The Balaban J connectivity index is 0.000000248. The van der Waals surface area contributed by atoms with Crippen LogP contribution >= 0.6 is 0 Å². The molecule has 0 aliphatic carbocycles. The standard InChI is InChI=1S/C24H23F2N3O5.C23H23F2N3O4/c1-24(2,3)34-23(31)29-12-14(10-20(29)22(30)32-5)18-8-7-16(25)19(28-18)13-33-21-9-6-15(27-4)11-17(21)26;1-23(2,3)32-22(30)28-11-14(9-16(28)12-29)19-7-6-17(24)20(27-19)13-31-21-8-5-15(26-4)10-18(21)25/h6-11,20H,12-13H2,1-3,5H3;5-10,16,29H,11-13H2,1-3H3/t20-;16-/m11/s1. The molecule has 2 aromatic heterocycles. The van der Waals surface area contributed by atoms with Crippen molar-refractivity contribution in [1.29, 1.82) is 0 Å². The van der Waals surface area contributed by atoms with Gasteiger partial charge in [0.15, 0.2) is 40.6 Å². The molecule has 1 N–H and O–H groups in total. The van der Waals surface area contributed by atoms with E-state index < -0.39 is 64.7 Å². The maximum Gasteiger partial charge on any atom is 0.411 e. The Kier molecular flexibility index (Phi) is 15.7. The quantitative estimate of drug-likeness (QED) is 0.0700.